The molecule has 0 heterocycles. The van der Waals surface area contributed by atoms with Crippen LogP contribution in [0.5, 0.6) is 0 Å². The van der Waals surface area contributed by atoms with Gasteiger partial charge in [0, 0.05) is 0 Å². The average Bonchev–Trinajstić information content (AvgIpc) is 2.38. The molecular formula is C16H22. The van der Waals surface area contributed by atoms with Gasteiger partial charge in [-0.15, -0.1) is 0 Å². The Hall–Kier alpha value is -0.780. The van der Waals surface area contributed by atoms with Gasteiger partial charge >= 0.3 is 0 Å². The van der Waals surface area contributed by atoms with Crippen molar-refractivity contribution < 1.29 is 0 Å². The maximum absolute atomic E-state index is 3.86. The highest BCUT2D eigenvalue weighted by atomic mass is 14.2. The van der Waals surface area contributed by atoms with Crippen molar-refractivity contribution in [3.05, 3.63) is 48.7 Å². The van der Waals surface area contributed by atoms with Gasteiger partial charge in [0.1, 0.15) is 0 Å². The maximum Gasteiger partial charge on any atom is -0.00931 e. The predicted octanol–water partition coefficient (Wildman–Crippen LogP) is 4.90. The van der Waals surface area contributed by atoms with E-state index in [0.717, 1.165) is 18.8 Å². The summed E-state index contributed by atoms with van der Waals surface area (Å²) >= 11 is 0. The quantitative estimate of drug-likeness (QED) is 0.668. The standard InChI is InChI=1S/C16H22/c1-2-3-7-14-10-12-16(13-11-14)15-8-5-4-6-9-15/h7,10-13,15H,1-6,8-9H2. The zero-order valence-electron chi connectivity index (χ0n) is 10.1. The summed E-state index contributed by atoms with van der Waals surface area (Å²) < 4.78 is 0. The van der Waals surface area contributed by atoms with Crippen molar-refractivity contribution in [1.29, 1.82) is 0 Å². The molecule has 1 aromatic carbocycles. The van der Waals surface area contributed by atoms with Gasteiger partial charge in [-0.05, 0) is 42.7 Å². The third-order valence-electron chi connectivity index (χ3n) is 3.60. The Morgan fingerprint density at radius 2 is 1.75 bits per heavy atom. The van der Waals surface area contributed by atoms with Crippen LogP contribution in [0.4, 0.5) is 0 Å². The Morgan fingerprint density at radius 3 is 2.38 bits per heavy atom. The first kappa shape index (κ1) is 11.7. The van der Waals surface area contributed by atoms with Crippen LogP contribution in [0, 0.1) is 13.3 Å². The molecule has 0 amide bonds. The van der Waals surface area contributed by atoms with Crippen LogP contribution in [-0.4, -0.2) is 0 Å². The molecule has 0 atom stereocenters. The minimum Gasteiger partial charge on any atom is -0.0585 e. The van der Waals surface area contributed by atoms with E-state index in [1.165, 1.54) is 37.7 Å². The molecule has 0 nitrogen and oxygen atoms in total. The van der Waals surface area contributed by atoms with E-state index in [1.54, 1.807) is 5.56 Å². The van der Waals surface area contributed by atoms with E-state index in [-0.39, 0.29) is 0 Å². The molecule has 16 heavy (non-hydrogen) atoms. The topological polar surface area (TPSA) is 0 Å². The molecule has 2 rings (SSSR count). The van der Waals surface area contributed by atoms with Crippen LogP contribution in [0.3, 0.4) is 0 Å². The van der Waals surface area contributed by atoms with E-state index in [2.05, 4.69) is 37.6 Å². The summed E-state index contributed by atoms with van der Waals surface area (Å²) in [5.74, 6) is 0.829. The van der Waals surface area contributed by atoms with E-state index in [0.29, 0.717) is 0 Å². The van der Waals surface area contributed by atoms with Gasteiger partial charge in [0.25, 0.3) is 0 Å². The van der Waals surface area contributed by atoms with Crippen LogP contribution in [-0.2, 0) is 0 Å². The molecule has 1 aliphatic carbocycles. The molecule has 86 valence electrons. The van der Waals surface area contributed by atoms with E-state index in [1.807, 2.05) is 0 Å². The summed E-state index contributed by atoms with van der Waals surface area (Å²) in [5, 5.41) is 0. The summed E-state index contributed by atoms with van der Waals surface area (Å²) in [4.78, 5) is 0. The van der Waals surface area contributed by atoms with Crippen molar-refractivity contribution >= 4 is 0 Å². The zero-order valence-corrected chi connectivity index (χ0v) is 10.1. The number of benzene rings is 1. The molecule has 1 saturated carbocycles. The molecule has 0 spiro atoms. The van der Waals surface area contributed by atoms with Crippen molar-refractivity contribution in [3.8, 4) is 0 Å². The molecule has 2 radical (unpaired) electrons. The summed E-state index contributed by atoms with van der Waals surface area (Å²) in [6.45, 7) is 3.86. The lowest BCUT2D eigenvalue weighted by Gasteiger charge is -2.22. The number of rotatable bonds is 4. The molecule has 0 bridgehead atoms. The molecule has 0 saturated heterocycles. The Kier molecular flexibility index (Phi) is 4.44. The lowest BCUT2D eigenvalue weighted by molar-refractivity contribution is 0.443. The Balaban J connectivity index is 1.95. The fraction of sp³-hybridized carbons (Fsp3) is 0.500. The van der Waals surface area contributed by atoms with Gasteiger partial charge < -0.3 is 0 Å². The van der Waals surface area contributed by atoms with Gasteiger partial charge in [0.05, 0.1) is 0 Å². The molecule has 0 aromatic heterocycles. The van der Waals surface area contributed by atoms with Gasteiger partial charge in [-0.25, -0.2) is 0 Å². The lowest BCUT2D eigenvalue weighted by atomic mass is 9.84. The van der Waals surface area contributed by atoms with Crippen LogP contribution in [0.1, 0.15) is 62.0 Å². The van der Waals surface area contributed by atoms with Crippen LogP contribution in [0.2, 0.25) is 0 Å². The third kappa shape index (κ3) is 3.10. The Labute approximate surface area is 100 Å². The van der Waals surface area contributed by atoms with Crippen molar-refractivity contribution in [2.24, 2.45) is 0 Å². The largest absolute Gasteiger partial charge is 0.0585 e. The van der Waals surface area contributed by atoms with Crippen molar-refractivity contribution in [2.45, 2.75) is 50.9 Å². The Bertz CT molecular complexity index is 290. The first-order valence-electron chi connectivity index (χ1n) is 6.62. The minimum atomic E-state index is 0.829. The first-order valence-corrected chi connectivity index (χ1v) is 6.62. The van der Waals surface area contributed by atoms with Crippen LogP contribution in [0.25, 0.3) is 0 Å². The monoisotopic (exact) mass is 214 g/mol. The summed E-state index contributed by atoms with van der Waals surface area (Å²) in [5.41, 5.74) is 2.90. The lowest BCUT2D eigenvalue weighted by Crippen LogP contribution is -2.04. The molecule has 0 N–H and O–H groups in total. The fourth-order valence-electron chi connectivity index (χ4n) is 2.61. The first-order chi connectivity index (χ1) is 7.90. The normalized spacial score (nSPS) is 17.6. The molecule has 0 unspecified atom stereocenters. The highest BCUT2D eigenvalue weighted by Crippen LogP contribution is 2.32. The highest BCUT2D eigenvalue weighted by molar-refractivity contribution is 5.29. The van der Waals surface area contributed by atoms with Crippen molar-refractivity contribution in [2.75, 3.05) is 0 Å². The second-order valence-electron chi connectivity index (χ2n) is 4.85. The molecule has 0 heteroatoms. The van der Waals surface area contributed by atoms with E-state index < -0.39 is 0 Å². The molecule has 1 aliphatic rings. The zero-order chi connectivity index (χ0) is 11.2. The van der Waals surface area contributed by atoms with Gasteiger partial charge in [0.2, 0.25) is 0 Å². The van der Waals surface area contributed by atoms with Gasteiger partial charge in [-0.1, -0.05) is 56.9 Å². The fourth-order valence-corrected chi connectivity index (χ4v) is 2.61. The van der Waals surface area contributed by atoms with Gasteiger partial charge in [0.15, 0.2) is 0 Å². The summed E-state index contributed by atoms with van der Waals surface area (Å²) in [6.07, 6.45) is 11.4. The highest BCUT2D eigenvalue weighted by Gasteiger charge is 2.14. The van der Waals surface area contributed by atoms with Gasteiger partial charge in [-0.3, -0.25) is 0 Å². The molecule has 0 aliphatic heterocycles. The van der Waals surface area contributed by atoms with Crippen LogP contribution in [0.15, 0.2) is 24.3 Å². The number of hydrogen-bond donors (Lipinski definition) is 0. The molecule has 1 aromatic rings. The third-order valence-corrected chi connectivity index (χ3v) is 3.60. The summed E-state index contributed by atoms with van der Waals surface area (Å²) in [7, 11) is 0. The van der Waals surface area contributed by atoms with Gasteiger partial charge in [-0.2, -0.15) is 0 Å². The van der Waals surface area contributed by atoms with E-state index >= 15 is 0 Å². The second kappa shape index (κ2) is 6.08. The Morgan fingerprint density at radius 1 is 1.06 bits per heavy atom. The number of hydrogen-bond acceptors (Lipinski definition) is 0. The smallest absolute Gasteiger partial charge is 0.00931 e. The average molecular weight is 214 g/mol. The van der Waals surface area contributed by atoms with Crippen molar-refractivity contribution in [1.82, 2.24) is 0 Å². The van der Waals surface area contributed by atoms with Crippen molar-refractivity contribution in [3.63, 3.8) is 0 Å². The van der Waals surface area contributed by atoms with E-state index in [9.17, 15) is 0 Å². The molecule has 1 fully saturated rings. The minimum absolute atomic E-state index is 0.829. The summed E-state index contributed by atoms with van der Waals surface area (Å²) in [6, 6.07) is 9.18. The van der Waals surface area contributed by atoms with E-state index in [4.69, 9.17) is 0 Å². The molecular weight excluding hydrogens is 192 g/mol. The van der Waals surface area contributed by atoms with Crippen LogP contribution >= 0.6 is 0 Å². The van der Waals surface area contributed by atoms with Crippen LogP contribution < -0.4 is 0 Å². The predicted molar refractivity (Wildman–Crippen MR) is 70.3 cm³/mol. The maximum atomic E-state index is 3.86. The number of unbranched alkanes of at least 4 members (excludes halogenated alkanes) is 1. The SMILES string of the molecule is [CH2]CC[CH]c1ccc(C2CCCCC2)cc1. The second-order valence-corrected chi connectivity index (χ2v) is 4.85.